The smallest absolute Gasteiger partial charge is 0.0620 e. The second-order valence-corrected chi connectivity index (χ2v) is 3.84. The van der Waals surface area contributed by atoms with Gasteiger partial charge in [0.25, 0.3) is 0 Å². The zero-order valence-electron chi connectivity index (χ0n) is 8.13. The molecule has 0 aliphatic rings. The van der Waals surface area contributed by atoms with E-state index in [1.54, 1.807) is 0 Å². The van der Waals surface area contributed by atoms with Gasteiger partial charge in [0.15, 0.2) is 0 Å². The largest absolute Gasteiger partial charge is 0.380 e. The molecule has 68 valence electrons. The van der Waals surface area contributed by atoms with E-state index in [1.807, 2.05) is 0 Å². The molecule has 1 atom stereocenters. The van der Waals surface area contributed by atoms with E-state index in [2.05, 4.69) is 27.7 Å². The number of nitrogens with two attached hydrogens (primary N) is 1. The summed E-state index contributed by atoms with van der Waals surface area (Å²) in [6.07, 6.45) is 0. The lowest BCUT2D eigenvalue weighted by Gasteiger charge is -2.16. The van der Waals surface area contributed by atoms with Gasteiger partial charge in [0.1, 0.15) is 0 Å². The van der Waals surface area contributed by atoms with E-state index < -0.39 is 0 Å². The molecule has 11 heavy (non-hydrogen) atoms. The van der Waals surface area contributed by atoms with Crippen molar-refractivity contribution in [2.75, 3.05) is 13.2 Å². The summed E-state index contributed by atoms with van der Waals surface area (Å²) in [5.41, 5.74) is 5.78. The first-order chi connectivity index (χ1) is 5.04. The molecule has 0 amide bonds. The minimum atomic E-state index is 0.189. The van der Waals surface area contributed by atoms with Gasteiger partial charge < -0.3 is 10.5 Å². The molecule has 0 aromatic heterocycles. The molecule has 2 N–H and O–H groups in total. The zero-order chi connectivity index (χ0) is 8.85. The van der Waals surface area contributed by atoms with Crippen molar-refractivity contribution in [3.63, 3.8) is 0 Å². The summed E-state index contributed by atoms with van der Waals surface area (Å²) < 4.78 is 5.39. The van der Waals surface area contributed by atoms with Crippen LogP contribution in [0, 0.1) is 11.8 Å². The Morgan fingerprint density at radius 1 is 1.09 bits per heavy atom. The van der Waals surface area contributed by atoms with Crippen LogP contribution in [-0.4, -0.2) is 19.3 Å². The van der Waals surface area contributed by atoms with E-state index in [9.17, 15) is 0 Å². The first kappa shape index (κ1) is 10.9. The van der Waals surface area contributed by atoms with Crippen molar-refractivity contribution in [2.24, 2.45) is 17.6 Å². The van der Waals surface area contributed by atoms with Crippen molar-refractivity contribution in [1.82, 2.24) is 0 Å². The van der Waals surface area contributed by atoms with Crippen LogP contribution in [0.25, 0.3) is 0 Å². The number of rotatable bonds is 5. The summed E-state index contributed by atoms with van der Waals surface area (Å²) in [4.78, 5) is 0. The summed E-state index contributed by atoms with van der Waals surface area (Å²) in [5, 5.41) is 0. The van der Waals surface area contributed by atoms with Crippen LogP contribution in [0.3, 0.4) is 0 Å². The highest BCUT2D eigenvalue weighted by Gasteiger charge is 2.07. The normalized spacial score (nSPS) is 14.5. The molecular formula is C9H21NO. The Morgan fingerprint density at radius 3 is 2.00 bits per heavy atom. The SMILES string of the molecule is CC(C)COC[C@@H](N)C(C)C. The highest BCUT2D eigenvalue weighted by atomic mass is 16.5. The van der Waals surface area contributed by atoms with Gasteiger partial charge in [-0.05, 0) is 11.8 Å². The quantitative estimate of drug-likeness (QED) is 0.662. The van der Waals surface area contributed by atoms with Gasteiger partial charge in [-0.2, -0.15) is 0 Å². The number of hydrogen-bond acceptors (Lipinski definition) is 2. The monoisotopic (exact) mass is 159 g/mol. The molecule has 0 saturated carbocycles. The maximum absolute atomic E-state index is 5.78. The average molecular weight is 159 g/mol. The van der Waals surface area contributed by atoms with Gasteiger partial charge in [0.2, 0.25) is 0 Å². The fourth-order valence-corrected chi connectivity index (χ4v) is 0.632. The molecule has 0 heterocycles. The number of ether oxygens (including phenoxy) is 1. The van der Waals surface area contributed by atoms with Crippen LogP contribution in [0.5, 0.6) is 0 Å². The predicted molar refractivity (Wildman–Crippen MR) is 48.5 cm³/mol. The van der Waals surface area contributed by atoms with E-state index >= 15 is 0 Å². The second-order valence-electron chi connectivity index (χ2n) is 3.84. The molecule has 0 unspecified atom stereocenters. The third kappa shape index (κ3) is 6.32. The van der Waals surface area contributed by atoms with Crippen molar-refractivity contribution in [2.45, 2.75) is 33.7 Å². The molecule has 0 bridgehead atoms. The minimum absolute atomic E-state index is 0.189. The fraction of sp³-hybridized carbons (Fsp3) is 1.00. The molecule has 2 heteroatoms. The predicted octanol–water partition coefficient (Wildman–Crippen LogP) is 1.64. The van der Waals surface area contributed by atoms with E-state index in [0.717, 1.165) is 6.61 Å². The standard InChI is InChI=1S/C9H21NO/c1-7(2)5-11-6-9(10)8(3)4/h7-9H,5-6,10H2,1-4H3/t9-/m1/s1. The molecule has 0 fully saturated rings. The molecule has 0 aromatic rings. The lowest BCUT2D eigenvalue weighted by Crippen LogP contribution is -2.32. The molecule has 0 aliphatic carbocycles. The maximum Gasteiger partial charge on any atom is 0.0620 e. The van der Waals surface area contributed by atoms with Gasteiger partial charge in [-0.3, -0.25) is 0 Å². The molecule has 2 nitrogen and oxygen atoms in total. The van der Waals surface area contributed by atoms with Gasteiger partial charge in [-0.1, -0.05) is 27.7 Å². The molecule has 0 radical (unpaired) electrons. The lowest BCUT2D eigenvalue weighted by atomic mass is 10.1. The average Bonchev–Trinajstić information content (AvgIpc) is 1.86. The van der Waals surface area contributed by atoms with Gasteiger partial charge in [0, 0.05) is 12.6 Å². The molecule has 0 spiro atoms. The summed E-state index contributed by atoms with van der Waals surface area (Å²) in [7, 11) is 0. The van der Waals surface area contributed by atoms with Crippen LogP contribution in [0.15, 0.2) is 0 Å². The molecular weight excluding hydrogens is 138 g/mol. The van der Waals surface area contributed by atoms with Crippen molar-refractivity contribution in [1.29, 1.82) is 0 Å². The van der Waals surface area contributed by atoms with Crippen molar-refractivity contribution in [3.05, 3.63) is 0 Å². The van der Waals surface area contributed by atoms with Crippen molar-refractivity contribution < 1.29 is 4.74 Å². The molecule has 0 aromatic carbocycles. The summed E-state index contributed by atoms with van der Waals surface area (Å²) in [6, 6.07) is 0.189. The fourth-order valence-electron chi connectivity index (χ4n) is 0.632. The van der Waals surface area contributed by atoms with E-state index in [4.69, 9.17) is 10.5 Å². The lowest BCUT2D eigenvalue weighted by molar-refractivity contribution is 0.0891. The Bertz CT molecular complexity index is 91.6. The Labute approximate surface area is 70.1 Å². The van der Waals surface area contributed by atoms with Gasteiger partial charge in [-0.25, -0.2) is 0 Å². The van der Waals surface area contributed by atoms with Crippen LogP contribution >= 0.6 is 0 Å². The third-order valence-corrected chi connectivity index (χ3v) is 1.62. The van der Waals surface area contributed by atoms with Crippen LogP contribution in [-0.2, 0) is 4.74 Å². The molecule has 0 rings (SSSR count). The van der Waals surface area contributed by atoms with Crippen molar-refractivity contribution >= 4 is 0 Å². The highest BCUT2D eigenvalue weighted by molar-refractivity contribution is 4.63. The Balaban J connectivity index is 3.24. The van der Waals surface area contributed by atoms with Crippen LogP contribution in [0.4, 0.5) is 0 Å². The van der Waals surface area contributed by atoms with Gasteiger partial charge in [0.05, 0.1) is 6.61 Å². The van der Waals surface area contributed by atoms with Crippen LogP contribution < -0.4 is 5.73 Å². The van der Waals surface area contributed by atoms with Crippen LogP contribution in [0.2, 0.25) is 0 Å². The van der Waals surface area contributed by atoms with Crippen LogP contribution in [0.1, 0.15) is 27.7 Å². The first-order valence-corrected chi connectivity index (χ1v) is 4.37. The van der Waals surface area contributed by atoms with E-state index in [-0.39, 0.29) is 6.04 Å². The molecule has 0 saturated heterocycles. The van der Waals surface area contributed by atoms with Crippen molar-refractivity contribution in [3.8, 4) is 0 Å². The Kier molecular flexibility index (Phi) is 5.51. The zero-order valence-corrected chi connectivity index (χ0v) is 8.13. The summed E-state index contributed by atoms with van der Waals surface area (Å²) >= 11 is 0. The first-order valence-electron chi connectivity index (χ1n) is 4.37. The Morgan fingerprint density at radius 2 is 1.64 bits per heavy atom. The van der Waals surface area contributed by atoms with E-state index in [0.29, 0.717) is 18.4 Å². The maximum atomic E-state index is 5.78. The van der Waals surface area contributed by atoms with Gasteiger partial charge in [-0.15, -0.1) is 0 Å². The highest BCUT2D eigenvalue weighted by Crippen LogP contribution is 2.00. The topological polar surface area (TPSA) is 35.2 Å². The Hall–Kier alpha value is -0.0800. The third-order valence-electron chi connectivity index (χ3n) is 1.62. The minimum Gasteiger partial charge on any atom is -0.380 e. The summed E-state index contributed by atoms with van der Waals surface area (Å²) in [6.45, 7) is 10.0. The van der Waals surface area contributed by atoms with E-state index in [1.165, 1.54) is 0 Å². The number of hydrogen-bond donors (Lipinski definition) is 1. The second kappa shape index (κ2) is 5.56. The van der Waals surface area contributed by atoms with Gasteiger partial charge >= 0.3 is 0 Å². The molecule has 0 aliphatic heterocycles. The summed E-state index contributed by atoms with van der Waals surface area (Å²) in [5.74, 6) is 1.12.